The number of aliphatic imine (C=N–C) groups is 1. The maximum Gasteiger partial charge on any atom is 0.137 e. The molecule has 17 heavy (non-hydrogen) atoms. The van der Waals surface area contributed by atoms with Gasteiger partial charge >= 0.3 is 0 Å². The molecule has 0 radical (unpaired) electrons. The highest BCUT2D eigenvalue weighted by Crippen LogP contribution is 2.19. The fourth-order valence-corrected chi connectivity index (χ4v) is 1.78. The van der Waals surface area contributed by atoms with Gasteiger partial charge in [-0.15, -0.1) is 0 Å². The first kappa shape index (κ1) is 11.3. The number of H-pyrrole nitrogens is 1. The first-order valence-corrected chi connectivity index (χ1v) is 5.32. The SMILES string of the molecule is C=N/C=C(\C=N)Cc1c[nH]c2ncc(C)cc12. The van der Waals surface area contributed by atoms with Crippen molar-refractivity contribution in [2.75, 3.05) is 0 Å². The zero-order valence-electron chi connectivity index (χ0n) is 9.70. The Morgan fingerprint density at radius 3 is 3.18 bits per heavy atom. The number of aryl methyl sites for hydroxylation is 1. The Kier molecular flexibility index (Phi) is 3.14. The molecule has 0 unspecified atom stereocenters. The number of pyridine rings is 1. The zero-order valence-corrected chi connectivity index (χ0v) is 9.70. The van der Waals surface area contributed by atoms with Gasteiger partial charge in [-0.2, -0.15) is 0 Å². The van der Waals surface area contributed by atoms with Gasteiger partial charge in [0.15, 0.2) is 0 Å². The molecule has 0 aliphatic rings. The van der Waals surface area contributed by atoms with Crippen molar-refractivity contribution < 1.29 is 0 Å². The molecule has 2 heterocycles. The lowest BCUT2D eigenvalue weighted by Gasteiger charge is -1.99. The predicted molar refractivity (Wildman–Crippen MR) is 71.0 cm³/mol. The average Bonchev–Trinajstić information content (AvgIpc) is 2.71. The lowest BCUT2D eigenvalue weighted by molar-refractivity contribution is 1.22. The minimum Gasteiger partial charge on any atom is -0.346 e. The molecule has 4 heteroatoms. The molecule has 0 amide bonds. The van der Waals surface area contributed by atoms with Gasteiger partial charge in [0, 0.05) is 36.6 Å². The highest BCUT2D eigenvalue weighted by molar-refractivity contribution is 5.83. The lowest BCUT2D eigenvalue weighted by atomic mass is 10.1. The van der Waals surface area contributed by atoms with E-state index in [2.05, 4.69) is 27.7 Å². The predicted octanol–water partition coefficient (Wildman–Crippen LogP) is 2.65. The summed E-state index contributed by atoms with van der Waals surface area (Å²) in [7, 11) is 0. The largest absolute Gasteiger partial charge is 0.346 e. The van der Waals surface area contributed by atoms with Gasteiger partial charge in [-0.1, -0.05) is 0 Å². The minimum atomic E-state index is 0.660. The van der Waals surface area contributed by atoms with Gasteiger partial charge < -0.3 is 10.4 Å². The van der Waals surface area contributed by atoms with Gasteiger partial charge in [-0.3, -0.25) is 4.99 Å². The van der Waals surface area contributed by atoms with Gasteiger partial charge in [-0.25, -0.2) is 4.98 Å². The fourth-order valence-electron chi connectivity index (χ4n) is 1.78. The topological polar surface area (TPSA) is 64.9 Å². The van der Waals surface area contributed by atoms with Crippen LogP contribution in [0.3, 0.4) is 0 Å². The van der Waals surface area contributed by atoms with Crippen molar-refractivity contribution in [3.63, 3.8) is 0 Å². The molecule has 2 aromatic heterocycles. The highest BCUT2D eigenvalue weighted by Gasteiger charge is 2.06. The van der Waals surface area contributed by atoms with E-state index in [1.807, 2.05) is 19.3 Å². The molecule has 0 saturated heterocycles. The van der Waals surface area contributed by atoms with Crippen molar-refractivity contribution in [3.05, 3.63) is 41.4 Å². The second-order valence-corrected chi connectivity index (χ2v) is 3.93. The smallest absolute Gasteiger partial charge is 0.137 e. The second-order valence-electron chi connectivity index (χ2n) is 3.93. The van der Waals surface area contributed by atoms with E-state index >= 15 is 0 Å². The number of nitrogens with one attached hydrogen (secondary N) is 2. The third-order valence-electron chi connectivity index (χ3n) is 2.59. The number of aromatic nitrogens is 2. The molecule has 0 aliphatic carbocycles. The van der Waals surface area contributed by atoms with Crippen LogP contribution in [0.5, 0.6) is 0 Å². The van der Waals surface area contributed by atoms with E-state index in [-0.39, 0.29) is 0 Å². The summed E-state index contributed by atoms with van der Waals surface area (Å²) >= 11 is 0. The number of rotatable bonds is 4. The van der Waals surface area contributed by atoms with Gasteiger partial charge in [0.05, 0.1) is 0 Å². The summed E-state index contributed by atoms with van der Waals surface area (Å²) in [4.78, 5) is 11.1. The average molecular weight is 226 g/mol. The van der Waals surface area contributed by atoms with Crippen LogP contribution in [-0.4, -0.2) is 22.9 Å². The Morgan fingerprint density at radius 1 is 1.65 bits per heavy atom. The van der Waals surface area contributed by atoms with Crippen molar-refractivity contribution in [1.82, 2.24) is 9.97 Å². The Bertz CT molecular complexity index is 592. The molecule has 0 aliphatic heterocycles. The van der Waals surface area contributed by atoms with E-state index in [0.717, 1.165) is 27.7 Å². The van der Waals surface area contributed by atoms with Crippen LogP contribution < -0.4 is 0 Å². The first-order chi connectivity index (χ1) is 8.24. The summed E-state index contributed by atoms with van der Waals surface area (Å²) in [5.74, 6) is 0. The Hall–Kier alpha value is -2.23. The molecule has 0 fully saturated rings. The summed E-state index contributed by atoms with van der Waals surface area (Å²) in [6, 6.07) is 2.09. The number of hydrogen-bond donors (Lipinski definition) is 2. The quantitative estimate of drug-likeness (QED) is 0.773. The number of hydrogen-bond acceptors (Lipinski definition) is 3. The van der Waals surface area contributed by atoms with Crippen LogP contribution in [0.2, 0.25) is 0 Å². The Morgan fingerprint density at radius 2 is 2.47 bits per heavy atom. The van der Waals surface area contributed by atoms with Crippen LogP contribution in [0, 0.1) is 12.3 Å². The maximum atomic E-state index is 7.31. The third-order valence-corrected chi connectivity index (χ3v) is 2.59. The van der Waals surface area contributed by atoms with Crippen LogP contribution in [0.25, 0.3) is 11.0 Å². The van der Waals surface area contributed by atoms with Crippen molar-refractivity contribution in [3.8, 4) is 0 Å². The van der Waals surface area contributed by atoms with Crippen LogP contribution in [0.1, 0.15) is 11.1 Å². The van der Waals surface area contributed by atoms with Gasteiger partial charge in [0.2, 0.25) is 0 Å². The fraction of sp³-hybridized carbons (Fsp3) is 0.154. The van der Waals surface area contributed by atoms with Gasteiger partial charge in [0.1, 0.15) is 5.65 Å². The van der Waals surface area contributed by atoms with E-state index < -0.39 is 0 Å². The number of aromatic amines is 1. The molecule has 0 atom stereocenters. The molecule has 86 valence electrons. The maximum absolute atomic E-state index is 7.31. The Labute approximate surface area is 99.6 Å². The van der Waals surface area contributed by atoms with Crippen molar-refractivity contribution in [1.29, 1.82) is 5.41 Å². The number of fused-ring (bicyclic) bond motifs is 1. The van der Waals surface area contributed by atoms with Gasteiger partial charge in [0.25, 0.3) is 0 Å². The summed E-state index contributed by atoms with van der Waals surface area (Å²) in [5.41, 5.74) is 3.94. The molecular formula is C13H14N4. The molecule has 2 aromatic rings. The number of allylic oxidation sites excluding steroid dienone is 1. The molecule has 2 rings (SSSR count). The summed E-state index contributed by atoms with van der Waals surface area (Å²) in [6.07, 6.45) is 7.33. The van der Waals surface area contributed by atoms with E-state index in [1.54, 1.807) is 6.20 Å². The van der Waals surface area contributed by atoms with E-state index in [1.165, 1.54) is 6.21 Å². The van der Waals surface area contributed by atoms with Crippen LogP contribution in [-0.2, 0) is 6.42 Å². The zero-order chi connectivity index (χ0) is 12.3. The summed E-state index contributed by atoms with van der Waals surface area (Å²) in [6.45, 7) is 5.42. The monoisotopic (exact) mass is 226 g/mol. The third kappa shape index (κ3) is 2.30. The minimum absolute atomic E-state index is 0.660. The first-order valence-electron chi connectivity index (χ1n) is 5.32. The molecule has 2 N–H and O–H groups in total. The lowest BCUT2D eigenvalue weighted by Crippen LogP contribution is -1.90. The molecule has 0 bridgehead atoms. The summed E-state index contributed by atoms with van der Waals surface area (Å²) < 4.78 is 0. The van der Waals surface area contributed by atoms with E-state index in [9.17, 15) is 0 Å². The standard InChI is InChI=1S/C13H14N4/c1-9-3-12-11(4-10(5-14)7-15-2)8-17-13(12)16-6-9/h3,5-8,14H,2,4H2,1H3,(H,16,17)/b10-7-,14-5?. The normalized spacial score (nSPS) is 11.7. The molecule has 0 spiro atoms. The van der Waals surface area contributed by atoms with E-state index in [4.69, 9.17) is 5.41 Å². The van der Waals surface area contributed by atoms with Crippen molar-refractivity contribution >= 4 is 24.0 Å². The number of nitrogens with zero attached hydrogens (tertiary/aromatic N) is 2. The summed E-state index contributed by atoms with van der Waals surface area (Å²) in [5, 5.41) is 8.41. The highest BCUT2D eigenvalue weighted by atomic mass is 14.8. The van der Waals surface area contributed by atoms with Gasteiger partial charge in [-0.05, 0) is 36.4 Å². The molecule has 0 saturated carbocycles. The molecular weight excluding hydrogens is 212 g/mol. The molecule has 0 aromatic carbocycles. The van der Waals surface area contributed by atoms with Crippen molar-refractivity contribution in [2.24, 2.45) is 4.99 Å². The van der Waals surface area contributed by atoms with Crippen molar-refractivity contribution in [2.45, 2.75) is 13.3 Å². The second kappa shape index (κ2) is 4.74. The Balaban J connectivity index is 2.42. The van der Waals surface area contributed by atoms with Crippen LogP contribution in [0.15, 0.2) is 35.2 Å². The van der Waals surface area contributed by atoms with Crippen LogP contribution >= 0.6 is 0 Å². The van der Waals surface area contributed by atoms with E-state index in [0.29, 0.717) is 6.42 Å². The van der Waals surface area contributed by atoms with Crippen LogP contribution in [0.4, 0.5) is 0 Å². The molecule has 4 nitrogen and oxygen atoms in total.